The van der Waals surface area contributed by atoms with Gasteiger partial charge >= 0.3 is 5.69 Å². The van der Waals surface area contributed by atoms with Gasteiger partial charge in [0.05, 0.1) is 6.61 Å². The first-order chi connectivity index (χ1) is 10.6. The van der Waals surface area contributed by atoms with Crippen LogP contribution in [0, 0.1) is 0 Å². The van der Waals surface area contributed by atoms with Crippen LogP contribution in [0.3, 0.4) is 0 Å². The van der Waals surface area contributed by atoms with Gasteiger partial charge in [0, 0.05) is 33.7 Å². The van der Waals surface area contributed by atoms with Crippen molar-refractivity contribution in [3.63, 3.8) is 0 Å². The average Bonchev–Trinajstić information content (AvgIpc) is 2.87. The highest BCUT2D eigenvalue weighted by Gasteiger charge is 2.19. The molecule has 0 fully saturated rings. The van der Waals surface area contributed by atoms with E-state index in [1.165, 1.54) is 11.6 Å². The van der Waals surface area contributed by atoms with E-state index >= 15 is 0 Å². The molecule has 0 aromatic carbocycles. The molecule has 8 heteroatoms. The monoisotopic (exact) mass is 309 g/mol. The Balaban J connectivity index is 2.77. The average molecular weight is 309 g/mol. The predicted molar refractivity (Wildman–Crippen MR) is 84.2 cm³/mol. The third-order valence-corrected chi connectivity index (χ3v) is 3.74. The number of fused-ring (bicyclic) bond motifs is 1. The zero-order valence-corrected chi connectivity index (χ0v) is 13.3. The van der Waals surface area contributed by atoms with Crippen molar-refractivity contribution in [3.8, 4) is 0 Å². The molecule has 2 rings (SSSR count). The molecule has 0 spiro atoms. The molecule has 2 heterocycles. The maximum absolute atomic E-state index is 12.5. The van der Waals surface area contributed by atoms with Crippen molar-refractivity contribution >= 4 is 11.2 Å². The van der Waals surface area contributed by atoms with Gasteiger partial charge in [-0.05, 0) is 19.9 Å². The topological polar surface area (TPSA) is 97.1 Å². The minimum atomic E-state index is -0.346. The second-order valence-corrected chi connectivity index (χ2v) is 5.13. The molecule has 22 heavy (non-hydrogen) atoms. The van der Waals surface area contributed by atoms with Gasteiger partial charge in [-0.1, -0.05) is 0 Å². The maximum Gasteiger partial charge on any atom is 0.332 e. The second-order valence-electron chi connectivity index (χ2n) is 5.13. The van der Waals surface area contributed by atoms with Crippen molar-refractivity contribution in [1.29, 1.82) is 0 Å². The first kappa shape index (κ1) is 16.4. The summed E-state index contributed by atoms with van der Waals surface area (Å²) in [4.78, 5) is 29.3. The first-order valence-corrected chi connectivity index (χ1v) is 7.44. The van der Waals surface area contributed by atoms with Crippen LogP contribution in [0.4, 0.5) is 0 Å². The molecule has 0 unspecified atom stereocenters. The quantitative estimate of drug-likeness (QED) is 0.740. The van der Waals surface area contributed by atoms with Gasteiger partial charge in [0.15, 0.2) is 11.2 Å². The molecular weight excluding hydrogens is 286 g/mol. The number of imidazole rings is 1. The van der Waals surface area contributed by atoms with E-state index < -0.39 is 0 Å². The molecule has 0 aliphatic rings. The largest absolute Gasteiger partial charge is 0.384 e. The summed E-state index contributed by atoms with van der Waals surface area (Å²) < 4.78 is 9.63. The maximum atomic E-state index is 12.5. The summed E-state index contributed by atoms with van der Waals surface area (Å²) in [5.41, 5.74) is 5.83. The number of aryl methyl sites for hydroxylation is 2. The van der Waals surface area contributed by atoms with Gasteiger partial charge in [-0.15, -0.1) is 0 Å². The molecule has 0 atom stereocenters. The smallest absolute Gasteiger partial charge is 0.332 e. The second kappa shape index (κ2) is 6.89. The van der Waals surface area contributed by atoms with E-state index in [1.54, 1.807) is 7.11 Å². The van der Waals surface area contributed by atoms with E-state index in [0.717, 1.165) is 16.8 Å². The minimum absolute atomic E-state index is 0.321. The summed E-state index contributed by atoms with van der Waals surface area (Å²) in [7, 11) is 3.11. The number of nitrogens with two attached hydrogens (primary N) is 1. The molecule has 0 saturated carbocycles. The molecule has 122 valence electrons. The van der Waals surface area contributed by atoms with Gasteiger partial charge in [-0.3, -0.25) is 13.9 Å². The summed E-state index contributed by atoms with van der Waals surface area (Å²) in [5.74, 6) is 0.746. The van der Waals surface area contributed by atoms with Gasteiger partial charge in [0.1, 0.15) is 5.82 Å². The molecule has 8 nitrogen and oxygen atoms in total. The lowest BCUT2D eigenvalue weighted by molar-refractivity contribution is 0.199. The van der Waals surface area contributed by atoms with Crippen LogP contribution >= 0.6 is 0 Å². The zero-order valence-electron chi connectivity index (χ0n) is 13.3. The SMILES string of the molecule is CCn1c(=O)n(C)c(=O)c2c1nc(CCOC)n2CCCN. The molecule has 0 aliphatic heterocycles. The number of hydrogen-bond acceptors (Lipinski definition) is 5. The van der Waals surface area contributed by atoms with Gasteiger partial charge in [-0.2, -0.15) is 0 Å². The zero-order chi connectivity index (χ0) is 16.3. The standard InChI is InChI=1S/C14H23N5O3/c1-4-18-12-11(13(20)17(2)14(18)21)19(8-5-7-15)10(16-12)6-9-22-3/h4-9,15H2,1-3H3. The number of methoxy groups -OCH3 is 1. The minimum Gasteiger partial charge on any atom is -0.384 e. The Hall–Kier alpha value is -1.93. The van der Waals surface area contributed by atoms with Crippen LogP contribution in [-0.4, -0.2) is 38.9 Å². The number of nitrogens with zero attached hydrogens (tertiary/aromatic N) is 4. The van der Waals surface area contributed by atoms with Crippen LogP contribution in [0.5, 0.6) is 0 Å². The van der Waals surface area contributed by atoms with Crippen LogP contribution in [0.15, 0.2) is 9.59 Å². The van der Waals surface area contributed by atoms with E-state index in [1.807, 2.05) is 11.5 Å². The van der Waals surface area contributed by atoms with Crippen LogP contribution in [0.1, 0.15) is 19.2 Å². The van der Waals surface area contributed by atoms with Crippen molar-refractivity contribution in [2.45, 2.75) is 32.9 Å². The van der Waals surface area contributed by atoms with Crippen molar-refractivity contribution in [1.82, 2.24) is 18.7 Å². The van der Waals surface area contributed by atoms with Gasteiger partial charge in [-0.25, -0.2) is 9.78 Å². The highest BCUT2D eigenvalue weighted by molar-refractivity contribution is 5.71. The predicted octanol–water partition coefficient (Wildman–Crippen LogP) is -0.546. The molecule has 2 N–H and O–H groups in total. The summed E-state index contributed by atoms with van der Waals surface area (Å²) in [6.07, 6.45) is 1.32. The fourth-order valence-corrected chi connectivity index (χ4v) is 2.56. The fraction of sp³-hybridized carbons (Fsp3) is 0.643. The van der Waals surface area contributed by atoms with E-state index in [-0.39, 0.29) is 11.2 Å². The summed E-state index contributed by atoms with van der Waals surface area (Å²) >= 11 is 0. The summed E-state index contributed by atoms with van der Waals surface area (Å²) in [5, 5.41) is 0. The lowest BCUT2D eigenvalue weighted by Gasteiger charge is -2.09. The normalized spacial score (nSPS) is 11.5. The van der Waals surface area contributed by atoms with E-state index in [9.17, 15) is 9.59 Å². The molecular formula is C14H23N5O3. The van der Waals surface area contributed by atoms with Gasteiger partial charge < -0.3 is 15.0 Å². The Labute approximate surface area is 128 Å². The Kier molecular flexibility index (Phi) is 5.15. The molecule has 0 aliphatic carbocycles. The highest BCUT2D eigenvalue weighted by atomic mass is 16.5. The Bertz CT molecular complexity index is 771. The molecule has 0 amide bonds. The van der Waals surface area contributed by atoms with Crippen molar-refractivity contribution in [3.05, 3.63) is 26.7 Å². The Morgan fingerprint density at radius 3 is 2.59 bits per heavy atom. The van der Waals surface area contributed by atoms with E-state index in [4.69, 9.17) is 10.5 Å². The molecule has 0 radical (unpaired) electrons. The van der Waals surface area contributed by atoms with Gasteiger partial charge in [0.2, 0.25) is 0 Å². The summed E-state index contributed by atoms with van der Waals surface area (Å²) in [6, 6.07) is 0. The molecule has 0 bridgehead atoms. The Morgan fingerprint density at radius 2 is 2.00 bits per heavy atom. The first-order valence-electron chi connectivity index (χ1n) is 7.44. The summed E-state index contributed by atoms with van der Waals surface area (Å²) in [6.45, 7) is 3.95. The van der Waals surface area contributed by atoms with E-state index in [2.05, 4.69) is 4.98 Å². The van der Waals surface area contributed by atoms with Crippen LogP contribution in [0.25, 0.3) is 11.2 Å². The highest BCUT2D eigenvalue weighted by Crippen LogP contribution is 2.13. The fourth-order valence-electron chi connectivity index (χ4n) is 2.56. The third kappa shape index (κ3) is 2.71. The lowest BCUT2D eigenvalue weighted by Crippen LogP contribution is -2.38. The number of hydrogen-bond donors (Lipinski definition) is 1. The number of aromatic nitrogens is 4. The molecule has 0 saturated heterocycles. The number of ether oxygens (including phenoxy) is 1. The van der Waals surface area contributed by atoms with Crippen molar-refractivity contribution in [2.75, 3.05) is 20.3 Å². The van der Waals surface area contributed by atoms with Crippen LogP contribution < -0.4 is 17.0 Å². The van der Waals surface area contributed by atoms with Crippen LogP contribution in [0.2, 0.25) is 0 Å². The van der Waals surface area contributed by atoms with Crippen molar-refractivity contribution in [2.24, 2.45) is 12.8 Å². The molecule has 2 aromatic rings. The van der Waals surface area contributed by atoms with Crippen molar-refractivity contribution < 1.29 is 4.74 Å². The number of rotatable bonds is 7. The molecule has 2 aromatic heterocycles. The van der Waals surface area contributed by atoms with Gasteiger partial charge in [0.25, 0.3) is 5.56 Å². The Morgan fingerprint density at radius 1 is 1.27 bits per heavy atom. The van der Waals surface area contributed by atoms with E-state index in [0.29, 0.717) is 43.8 Å². The lowest BCUT2D eigenvalue weighted by atomic mass is 10.3. The van der Waals surface area contributed by atoms with Crippen LogP contribution in [-0.2, 0) is 31.3 Å². The third-order valence-electron chi connectivity index (χ3n) is 3.74.